The van der Waals surface area contributed by atoms with Crippen LogP contribution in [0.25, 0.3) is 0 Å². The first-order chi connectivity index (χ1) is 12.8. The van der Waals surface area contributed by atoms with Gasteiger partial charge in [-0.1, -0.05) is 33.1 Å². The summed E-state index contributed by atoms with van der Waals surface area (Å²) in [7, 11) is -2.82. The third-order valence-corrected chi connectivity index (χ3v) is 8.63. The Bertz CT molecular complexity index is 605. The van der Waals surface area contributed by atoms with E-state index in [1.54, 1.807) is 0 Å². The number of nitrogens with zero attached hydrogens (tertiary/aromatic N) is 1. The maximum atomic E-state index is 11.7. The average molecular weight is 526 g/mol. The minimum Gasteiger partial charge on any atom is -0.356 e. The van der Waals surface area contributed by atoms with Crippen LogP contribution in [0.2, 0.25) is 0 Å². The number of hydrogen-bond donors (Lipinski definition) is 2. The Hall–Kier alpha value is -0.0500. The molecule has 3 aliphatic rings. The zero-order valence-corrected chi connectivity index (χ0v) is 20.9. The van der Waals surface area contributed by atoms with Gasteiger partial charge in [0.15, 0.2) is 15.8 Å². The van der Waals surface area contributed by atoms with Gasteiger partial charge in [-0.3, -0.25) is 4.99 Å². The average Bonchev–Trinajstić information content (AvgIpc) is 2.99. The van der Waals surface area contributed by atoms with Crippen molar-refractivity contribution in [1.82, 2.24) is 10.6 Å². The van der Waals surface area contributed by atoms with Gasteiger partial charge >= 0.3 is 0 Å². The van der Waals surface area contributed by atoms with Crippen molar-refractivity contribution in [3.05, 3.63) is 0 Å². The molecule has 2 aliphatic carbocycles. The monoisotopic (exact) mass is 525 g/mol. The van der Waals surface area contributed by atoms with Crippen molar-refractivity contribution >= 4 is 39.8 Å². The largest absolute Gasteiger partial charge is 0.356 e. The molecular formula is C21H40IN3O2S. The summed E-state index contributed by atoms with van der Waals surface area (Å²) in [6, 6.07) is 0.489. The van der Waals surface area contributed by atoms with E-state index in [9.17, 15) is 8.42 Å². The lowest BCUT2D eigenvalue weighted by Crippen LogP contribution is -2.47. The Balaban J connectivity index is 0.00000280. The Kier molecular flexibility index (Phi) is 9.36. The highest BCUT2D eigenvalue weighted by atomic mass is 127. The first-order valence-corrected chi connectivity index (χ1v) is 12.9. The lowest BCUT2D eigenvalue weighted by molar-refractivity contribution is 0.216. The molecule has 0 bridgehead atoms. The second-order valence-electron chi connectivity index (χ2n) is 9.93. The molecule has 0 radical (unpaired) electrons. The fourth-order valence-electron chi connectivity index (χ4n) is 4.76. The van der Waals surface area contributed by atoms with Crippen LogP contribution in [-0.4, -0.2) is 45.0 Å². The third kappa shape index (κ3) is 8.00. The van der Waals surface area contributed by atoms with Crippen LogP contribution >= 0.6 is 24.0 Å². The van der Waals surface area contributed by atoms with Gasteiger partial charge in [0.25, 0.3) is 0 Å². The number of guanidine groups is 1. The number of halogens is 1. The fourth-order valence-corrected chi connectivity index (χ4v) is 6.61. The Morgan fingerprint density at radius 2 is 1.68 bits per heavy atom. The number of rotatable bonds is 5. The lowest BCUT2D eigenvalue weighted by Gasteiger charge is -2.35. The summed E-state index contributed by atoms with van der Waals surface area (Å²) < 4.78 is 23.4. The lowest BCUT2D eigenvalue weighted by atomic mass is 9.75. The quantitative estimate of drug-likeness (QED) is 0.322. The Morgan fingerprint density at radius 1 is 1.00 bits per heavy atom. The minimum absolute atomic E-state index is 0. The molecule has 7 heteroatoms. The molecular weight excluding hydrogens is 485 g/mol. The smallest absolute Gasteiger partial charge is 0.191 e. The number of sulfone groups is 1. The maximum absolute atomic E-state index is 11.7. The summed E-state index contributed by atoms with van der Waals surface area (Å²) in [5, 5.41) is 7.26. The van der Waals surface area contributed by atoms with Crippen LogP contribution in [0.5, 0.6) is 0 Å². The molecule has 5 nitrogen and oxygen atoms in total. The van der Waals surface area contributed by atoms with Crippen molar-refractivity contribution in [2.24, 2.45) is 22.2 Å². The molecule has 0 aromatic carbocycles. The van der Waals surface area contributed by atoms with Crippen LogP contribution in [0, 0.1) is 17.3 Å². The van der Waals surface area contributed by atoms with E-state index in [0.29, 0.717) is 29.5 Å². The first-order valence-electron chi connectivity index (χ1n) is 11.1. The highest BCUT2D eigenvalue weighted by molar-refractivity contribution is 14.0. The van der Waals surface area contributed by atoms with Gasteiger partial charge in [0, 0.05) is 19.1 Å². The number of aliphatic imine (C=N–C) groups is 1. The molecule has 0 amide bonds. The molecule has 3 fully saturated rings. The summed E-state index contributed by atoms with van der Waals surface area (Å²) in [6.45, 7) is 6.34. The number of nitrogens with one attached hydrogen (secondary N) is 2. The van der Waals surface area contributed by atoms with Crippen LogP contribution in [0.4, 0.5) is 0 Å². The second-order valence-corrected chi connectivity index (χ2v) is 12.2. The van der Waals surface area contributed by atoms with Crippen LogP contribution < -0.4 is 10.6 Å². The molecule has 0 aromatic rings. The molecule has 1 heterocycles. The van der Waals surface area contributed by atoms with Gasteiger partial charge in [-0.2, -0.15) is 0 Å². The van der Waals surface area contributed by atoms with Gasteiger partial charge in [-0.15, -0.1) is 24.0 Å². The highest BCUT2D eigenvalue weighted by Crippen LogP contribution is 2.35. The standard InChI is InChI=1S/C21H39N3O2S.HI/c1-21(2)11-8-19(9-12-21)24-20(22-14-17-6-4-3-5-7-17)23-15-18-10-13-27(25,26)16-18;/h17-19H,3-16H2,1-2H3,(H2,22,23,24);1H. The van der Waals surface area contributed by atoms with E-state index in [1.807, 2.05) is 0 Å². The summed E-state index contributed by atoms with van der Waals surface area (Å²) in [4.78, 5) is 4.82. The molecule has 1 saturated heterocycles. The Labute approximate surface area is 189 Å². The van der Waals surface area contributed by atoms with Crippen LogP contribution in [0.15, 0.2) is 4.99 Å². The predicted octanol–water partition coefficient (Wildman–Crippen LogP) is 4.12. The van der Waals surface area contributed by atoms with Crippen LogP contribution in [0.1, 0.15) is 78.1 Å². The molecule has 0 spiro atoms. The molecule has 1 aliphatic heterocycles. The normalized spacial score (nSPS) is 28.5. The van der Waals surface area contributed by atoms with Gasteiger partial charge in [-0.25, -0.2) is 8.42 Å². The predicted molar refractivity (Wildman–Crippen MR) is 128 cm³/mol. The van der Waals surface area contributed by atoms with Crippen molar-refractivity contribution in [2.75, 3.05) is 24.6 Å². The molecule has 0 aromatic heterocycles. The van der Waals surface area contributed by atoms with Crippen molar-refractivity contribution in [1.29, 1.82) is 0 Å². The van der Waals surface area contributed by atoms with Crippen molar-refractivity contribution in [3.8, 4) is 0 Å². The molecule has 3 rings (SSSR count). The van der Waals surface area contributed by atoms with Crippen LogP contribution in [0.3, 0.4) is 0 Å². The van der Waals surface area contributed by atoms with Crippen molar-refractivity contribution in [3.63, 3.8) is 0 Å². The summed E-state index contributed by atoms with van der Waals surface area (Å²) in [5.74, 6) is 2.50. The SMILES string of the molecule is CC1(C)CCC(NC(=NCC2CCS(=O)(=O)C2)NCC2CCCCC2)CC1.I. The topological polar surface area (TPSA) is 70.6 Å². The molecule has 1 unspecified atom stereocenters. The molecule has 164 valence electrons. The fraction of sp³-hybridized carbons (Fsp3) is 0.952. The zero-order chi connectivity index (χ0) is 19.3. The second kappa shape index (κ2) is 10.8. The van der Waals surface area contributed by atoms with Gasteiger partial charge in [0.1, 0.15) is 0 Å². The van der Waals surface area contributed by atoms with E-state index in [0.717, 1.165) is 24.8 Å². The third-order valence-electron chi connectivity index (χ3n) is 6.80. The first kappa shape index (κ1) is 24.2. The summed E-state index contributed by atoms with van der Waals surface area (Å²) in [5.41, 5.74) is 0.462. The molecule has 2 saturated carbocycles. The summed E-state index contributed by atoms with van der Waals surface area (Å²) in [6.07, 6.45) is 12.4. The maximum Gasteiger partial charge on any atom is 0.191 e. The van der Waals surface area contributed by atoms with E-state index in [4.69, 9.17) is 4.99 Å². The van der Waals surface area contributed by atoms with Crippen LogP contribution in [-0.2, 0) is 9.84 Å². The van der Waals surface area contributed by atoms with Gasteiger partial charge in [-0.05, 0) is 62.2 Å². The van der Waals surface area contributed by atoms with Gasteiger partial charge < -0.3 is 10.6 Å². The number of hydrogen-bond acceptors (Lipinski definition) is 3. The molecule has 28 heavy (non-hydrogen) atoms. The Morgan fingerprint density at radius 3 is 2.29 bits per heavy atom. The van der Waals surface area contributed by atoms with E-state index < -0.39 is 9.84 Å². The molecule has 2 N–H and O–H groups in total. The van der Waals surface area contributed by atoms with E-state index in [1.165, 1.54) is 57.8 Å². The highest BCUT2D eigenvalue weighted by Gasteiger charge is 2.29. The van der Waals surface area contributed by atoms with Gasteiger partial charge in [0.2, 0.25) is 0 Å². The summed E-state index contributed by atoms with van der Waals surface area (Å²) >= 11 is 0. The van der Waals surface area contributed by atoms with Crippen molar-refractivity contribution < 1.29 is 8.42 Å². The van der Waals surface area contributed by atoms with E-state index in [-0.39, 0.29) is 29.9 Å². The van der Waals surface area contributed by atoms with Gasteiger partial charge in [0.05, 0.1) is 11.5 Å². The van der Waals surface area contributed by atoms with Crippen molar-refractivity contribution in [2.45, 2.75) is 84.1 Å². The van der Waals surface area contributed by atoms with E-state index in [2.05, 4.69) is 24.5 Å². The molecule has 1 atom stereocenters. The van der Waals surface area contributed by atoms with E-state index >= 15 is 0 Å². The zero-order valence-electron chi connectivity index (χ0n) is 17.7. The minimum atomic E-state index is -2.82.